The summed E-state index contributed by atoms with van der Waals surface area (Å²) in [6, 6.07) is 0. The SMILES string of the molecule is CCCC/C=C\C/C=C\CCCCCCCC(=O)OC(COCCCCCCCCCCCCCCCC/C=C\C/C=C\CCCCCCC)COC1OC(COC2OC(CO)C(O)C(O)C2O)C(O)C(O)C1O. The van der Waals surface area contributed by atoms with Crippen LogP contribution in [0.2, 0.25) is 0 Å². The number of aliphatic hydroxyl groups is 7. The molecule has 0 radical (unpaired) electrons. The second kappa shape index (κ2) is 47.0. The molecule has 2 fully saturated rings. The van der Waals surface area contributed by atoms with E-state index in [-0.39, 0.29) is 25.6 Å². The highest BCUT2D eigenvalue weighted by Crippen LogP contribution is 2.27. The van der Waals surface area contributed by atoms with Gasteiger partial charge in [0, 0.05) is 13.0 Å². The molecule has 432 valence electrons. The second-order valence-electron chi connectivity index (χ2n) is 20.8. The minimum absolute atomic E-state index is 0.0558. The van der Waals surface area contributed by atoms with E-state index < -0.39 is 80.7 Å². The Morgan fingerprint density at radius 1 is 0.446 bits per heavy atom. The van der Waals surface area contributed by atoms with Crippen LogP contribution in [0.15, 0.2) is 48.6 Å². The summed E-state index contributed by atoms with van der Waals surface area (Å²) in [6.07, 6.45) is 40.4. The third kappa shape index (κ3) is 33.3. The van der Waals surface area contributed by atoms with Crippen molar-refractivity contribution in [1.29, 1.82) is 0 Å². The fourth-order valence-corrected chi connectivity index (χ4v) is 9.22. The van der Waals surface area contributed by atoms with E-state index >= 15 is 0 Å². The molecule has 2 rings (SSSR count). The molecule has 74 heavy (non-hydrogen) atoms. The number of ether oxygens (including phenoxy) is 6. The summed E-state index contributed by atoms with van der Waals surface area (Å²) in [6.45, 7) is 3.64. The molecule has 14 nitrogen and oxygen atoms in total. The van der Waals surface area contributed by atoms with Gasteiger partial charge in [-0.25, -0.2) is 0 Å². The zero-order valence-electron chi connectivity index (χ0n) is 46.3. The van der Waals surface area contributed by atoms with E-state index in [2.05, 4.69) is 62.5 Å². The Morgan fingerprint density at radius 3 is 1.34 bits per heavy atom. The van der Waals surface area contributed by atoms with Gasteiger partial charge in [0.05, 0.1) is 26.4 Å². The largest absolute Gasteiger partial charge is 0.457 e. The molecular formula is C60H108O14. The van der Waals surface area contributed by atoms with E-state index in [1.54, 1.807) is 0 Å². The van der Waals surface area contributed by atoms with Gasteiger partial charge in [-0.15, -0.1) is 0 Å². The molecule has 0 aromatic rings. The van der Waals surface area contributed by atoms with Gasteiger partial charge >= 0.3 is 5.97 Å². The molecule has 2 saturated heterocycles. The van der Waals surface area contributed by atoms with E-state index in [0.717, 1.165) is 70.6 Å². The Hall–Kier alpha value is -2.05. The first-order chi connectivity index (χ1) is 36.1. The molecule has 11 atom stereocenters. The van der Waals surface area contributed by atoms with Crippen LogP contribution in [0.1, 0.15) is 226 Å². The Labute approximate surface area is 448 Å². The third-order valence-corrected chi connectivity index (χ3v) is 14.1. The minimum Gasteiger partial charge on any atom is -0.457 e. The molecule has 7 N–H and O–H groups in total. The lowest BCUT2D eigenvalue weighted by Crippen LogP contribution is -2.61. The number of unbranched alkanes of at least 4 members (excludes halogenated alkanes) is 26. The van der Waals surface area contributed by atoms with E-state index in [1.807, 2.05) is 0 Å². The molecule has 2 aliphatic rings. The van der Waals surface area contributed by atoms with Gasteiger partial charge in [0.2, 0.25) is 0 Å². The topological polar surface area (TPSA) is 214 Å². The molecule has 14 heteroatoms. The number of hydrogen-bond donors (Lipinski definition) is 7. The molecular weight excluding hydrogens is 945 g/mol. The summed E-state index contributed by atoms with van der Waals surface area (Å²) in [5.41, 5.74) is 0. The fraction of sp³-hybridized carbons (Fsp3) is 0.850. The molecule has 0 spiro atoms. The van der Waals surface area contributed by atoms with Crippen molar-refractivity contribution < 1.29 is 69.0 Å². The first-order valence-corrected chi connectivity index (χ1v) is 29.7. The predicted octanol–water partition coefficient (Wildman–Crippen LogP) is 10.7. The predicted molar refractivity (Wildman–Crippen MR) is 293 cm³/mol. The minimum atomic E-state index is -1.71. The first kappa shape index (κ1) is 68.1. The van der Waals surface area contributed by atoms with Crippen molar-refractivity contribution in [2.75, 3.05) is 33.0 Å². The summed E-state index contributed by atoms with van der Waals surface area (Å²) in [4.78, 5) is 13.0. The zero-order valence-corrected chi connectivity index (χ0v) is 46.3. The van der Waals surface area contributed by atoms with Crippen LogP contribution in [0.25, 0.3) is 0 Å². The summed E-state index contributed by atoms with van der Waals surface area (Å²) >= 11 is 0. The summed E-state index contributed by atoms with van der Waals surface area (Å²) < 4.78 is 34.4. The van der Waals surface area contributed by atoms with Gasteiger partial charge in [-0.2, -0.15) is 0 Å². The zero-order chi connectivity index (χ0) is 53.7. The lowest BCUT2D eigenvalue weighted by molar-refractivity contribution is -0.332. The first-order valence-electron chi connectivity index (χ1n) is 29.7. The number of aliphatic hydroxyl groups excluding tert-OH is 7. The van der Waals surface area contributed by atoms with Gasteiger partial charge in [-0.05, 0) is 70.6 Å². The average Bonchev–Trinajstić information content (AvgIpc) is 3.40. The molecule has 0 aliphatic carbocycles. The van der Waals surface area contributed by atoms with Crippen molar-refractivity contribution in [3.05, 3.63) is 48.6 Å². The van der Waals surface area contributed by atoms with Gasteiger partial charge < -0.3 is 64.2 Å². The number of carbonyl (C=O) groups excluding carboxylic acids is 1. The molecule has 0 bridgehead atoms. The normalized spacial score (nSPS) is 25.1. The molecule has 2 heterocycles. The van der Waals surface area contributed by atoms with Crippen molar-refractivity contribution in [3.8, 4) is 0 Å². The third-order valence-electron chi connectivity index (χ3n) is 14.1. The van der Waals surface area contributed by atoms with Gasteiger partial charge in [0.1, 0.15) is 54.9 Å². The fourth-order valence-electron chi connectivity index (χ4n) is 9.22. The Bertz CT molecular complexity index is 1410. The van der Waals surface area contributed by atoms with Gasteiger partial charge in [0.15, 0.2) is 12.6 Å². The molecule has 0 aromatic carbocycles. The maximum Gasteiger partial charge on any atom is 0.306 e. The van der Waals surface area contributed by atoms with Gasteiger partial charge in [-0.1, -0.05) is 197 Å². The standard InChI is InChI=1S/C60H108O14/c1-3-5-7-9-11-13-15-17-19-20-21-22-23-24-25-26-27-28-29-30-32-34-36-38-40-42-44-69-46-49(72-52(62)43-41-39-37-35-33-31-18-16-14-12-10-8-6-4-2)47-70-59-58(68)56(66)54(64)51(74-59)48-71-60-57(67)55(65)53(63)50(45-61)73-60/h10,12,15-18,20-21,49-51,53-61,63-68H,3-9,11,13-14,19,22-48H2,1-2H3/b12-10-,17-15-,18-16-,21-20-. The highest BCUT2D eigenvalue weighted by Gasteiger charge is 2.47. The number of hydrogen-bond acceptors (Lipinski definition) is 14. The Balaban J connectivity index is 1.67. The lowest BCUT2D eigenvalue weighted by Gasteiger charge is -2.42. The van der Waals surface area contributed by atoms with Crippen LogP contribution in [0.3, 0.4) is 0 Å². The van der Waals surface area contributed by atoms with Crippen molar-refractivity contribution >= 4 is 5.97 Å². The van der Waals surface area contributed by atoms with E-state index in [9.17, 15) is 40.5 Å². The smallest absolute Gasteiger partial charge is 0.306 e. The Morgan fingerprint density at radius 2 is 0.851 bits per heavy atom. The van der Waals surface area contributed by atoms with Crippen molar-refractivity contribution in [2.45, 2.75) is 293 Å². The number of rotatable bonds is 48. The highest BCUT2D eigenvalue weighted by atomic mass is 16.7. The van der Waals surface area contributed by atoms with Crippen molar-refractivity contribution in [1.82, 2.24) is 0 Å². The van der Waals surface area contributed by atoms with E-state index in [4.69, 9.17) is 28.4 Å². The maximum absolute atomic E-state index is 13.0. The quantitative estimate of drug-likeness (QED) is 0.0172. The van der Waals surface area contributed by atoms with Crippen LogP contribution in [0.5, 0.6) is 0 Å². The monoisotopic (exact) mass is 1050 g/mol. The molecule has 11 unspecified atom stereocenters. The highest BCUT2D eigenvalue weighted by molar-refractivity contribution is 5.69. The molecule has 2 aliphatic heterocycles. The van der Waals surface area contributed by atoms with Crippen LogP contribution >= 0.6 is 0 Å². The number of esters is 1. The summed E-state index contributed by atoms with van der Waals surface area (Å²) in [5.74, 6) is -0.389. The summed E-state index contributed by atoms with van der Waals surface area (Å²) in [5, 5.41) is 72.3. The van der Waals surface area contributed by atoms with Crippen LogP contribution in [0.4, 0.5) is 0 Å². The van der Waals surface area contributed by atoms with Crippen LogP contribution < -0.4 is 0 Å². The van der Waals surface area contributed by atoms with Crippen LogP contribution in [-0.4, -0.2) is 142 Å². The van der Waals surface area contributed by atoms with Crippen LogP contribution in [0, 0.1) is 0 Å². The molecule has 0 saturated carbocycles. The summed E-state index contributed by atoms with van der Waals surface area (Å²) in [7, 11) is 0. The van der Waals surface area contributed by atoms with E-state index in [1.165, 1.54) is 128 Å². The number of allylic oxidation sites excluding steroid dienone is 8. The maximum atomic E-state index is 13.0. The molecule has 0 aromatic heterocycles. The van der Waals surface area contributed by atoms with E-state index in [0.29, 0.717) is 13.0 Å². The number of carbonyl (C=O) groups is 1. The lowest BCUT2D eigenvalue weighted by atomic mass is 9.98. The average molecular weight is 1050 g/mol. The second-order valence-corrected chi connectivity index (χ2v) is 20.8. The van der Waals surface area contributed by atoms with Gasteiger partial charge in [0.25, 0.3) is 0 Å². The van der Waals surface area contributed by atoms with Crippen molar-refractivity contribution in [2.24, 2.45) is 0 Å². The molecule has 0 amide bonds. The Kier molecular flexibility index (Phi) is 43.2. The van der Waals surface area contributed by atoms with Gasteiger partial charge in [-0.3, -0.25) is 4.79 Å². The van der Waals surface area contributed by atoms with Crippen LogP contribution in [-0.2, 0) is 33.2 Å². The van der Waals surface area contributed by atoms with Crippen molar-refractivity contribution in [3.63, 3.8) is 0 Å².